The third-order valence-electron chi connectivity index (χ3n) is 5.83. The van der Waals surface area contributed by atoms with Crippen LogP contribution in [-0.4, -0.2) is 44.3 Å². The average Bonchev–Trinajstić information content (AvgIpc) is 2.90. The molecule has 0 heterocycles. The highest BCUT2D eigenvalue weighted by atomic mass is 19.4. The van der Waals surface area contributed by atoms with Crippen molar-refractivity contribution in [3.8, 4) is 23.0 Å². The van der Waals surface area contributed by atoms with Crippen LogP contribution in [0.25, 0.3) is 0 Å². The summed E-state index contributed by atoms with van der Waals surface area (Å²) in [6.07, 6.45) is -22.3. The number of carboxylic acids is 4. The Morgan fingerprint density at radius 3 is 0.729 bits per heavy atom. The first kappa shape index (κ1) is 36.8. The molecule has 3 rings (SSSR count). The second-order valence-corrected chi connectivity index (χ2v) is 9.07. The molecule has 0 fully saturated rings. The van der Waals surface area contributed by atoms with Crippen LogP contribution >= 0.6 is 0 Å². The molecule has 0 spiro atoms. The summed E-state index contributed by atoms with van der Waals surface area (Å²) in [7, 11) is 0. The maximum absolute atomic E-state index is 13.4. The van der Waals surface area contributed by atoms with Crippen LogP contribution in [0.1, 0.15) is 63.7 Å². The summed E-state index contributed by atoms with van der Waals surface area (Å²) in [5.41, 5.74) is -16.8. The van der Waals surface area contributed by atoms with Crippen LogP contribution < -0.4 is 9.47 Å². The first-order valence-corrected chi connectivity index (χ1v) is 11.8. The molecule has 0 amide bonds. The zero-order valence-corrected chi connectivity index (χ0v) is 22.2. The smallest absolute Gasteiger partial charge is 0.416 e. The van der Waals surface area contributed by atoms with Crippen molar-refractivity contribution in [1.82, 2.24) is 0 Å². The van der Waals surface area contributed by atoms with E-state index in [1.54, 1.807) is 0 Å². The molecule has 4 N–H and O–H groups in total. The molecule has 48 heavy (non-hydrogen) atoms. The first-order chi connectivity index (χ1) is 21.6. The van der Waals surface area contributed by atoms with Crippen LogP contribution in [0.2, 0.25) is 0 Å². The normalized spacial score (nSPS) is 12.4. The zero-order valence-electron chi connectivity index (χ0n) is 22.2. The van der Waals surface area contributed by atoms with Crippen molar-refractivity contribution in [3.05, 3.63) is 80.9 Å². The lowest BCUT2D eigenvalue weighted by Gasteiger charge is -2.22. The molecule has 0 atom stereocenters. The topological polar surface area (TPSA) is 168 Å². The van der Waals surface area contributed by atoms with Crippen molar-refractivity contribution in [2.24, 2.45) is 0 Å². The van der Waals surface area contributed by atoms with Gasteiger partial charge < -0.3 is 29.9 Å². The van der Waals surface area contributed by atoms with Gasteiger partial charge in [0.15, 0.2) is 11.5 Å². The van der Waals surface area contributed by atoms with E-state index in [1.807, 2.05) is 0 Å². The van der Waals surface area contributed by atoms with Crippen molar-refractivity contribution in [3.63, 3.8) is 0 Å². The Labute approximate surface area is 255 Å². The molecule has 0 saturated heterocycles. The molecular formula is C26H10F12O10. The highest BCUT2D eigenvalue weighted by Gasteiger charge is 2.42. The van der Waals surface area contributed by atoms with E-state index in [9.17, 15) is 92.3 Å². The molecule has 0 aliphatic carbocycles. The van der Waals surface area contributed by atoms with Crippen LogP contribution in [0.3, 0.4) is 0 Å². The molecule has 3 aromatic rings. The number of aromatic carboxylic acids is 4. The minimum atomic E-state index is -5.58. The number of benzene rings is 3. The maximum Gasteiger partial charge on any atom is 0.416 e. The van der Waals surface area contributed by atoms with Crippen LogP contribution in [0.4, 0.5) is 52.7 Å². The number of rotatable bonds is 8. The third kappa shape index (κ3) is 7.63. The molecule has 0 aromatic heterocycles. The van der Waals surface area contributed by atoms with Gasteiger partial charge in [0.05, 0.1) is 22.3 Å². The molecular weight excluding hydrogens is 700 g/mol. The highest BCUT2D eigenvalue weighted by molar-refractivity contribution is 6.15. The molecule has 0 aliphatic rings. The van der Waals surface area contributed by atoms with Gasteiger partial charge in [-0.15, -0.1) is 0 Å². The summed E-state index contributed by atoms with van der Waals surface area (Å²) >= 11 is 0. The molecule has 0 aliphatic heterocycles. The van der Waals surface area contributed by atoms with E-state index < -0.39 is 128 Å². The molecule has 3 aromatic carbocycles. The third-order valence-corrected chi connectivity index (χ3v) is 5.83. The van der Waals surface area contributed by atoms with Gasteiger partial charge in [0.25, 0.3) is 0 Å². The maximum atomic E-state index is 13.4. The first-order valence-electron chi connectivity index (χ1n) is 11.8. The molecule has 22 heteroatoms. The molecule has 0 unspecified atom stereocenters. The van der Waals surface area contributed by atoms with Gasteiger partial charge in [-0.1, -0.05) is 0 Å². The van der Waals surface area contributed by atoms with Gasteiger partial charge in [-0.3, -0.25) is 0 Å². The van der Waals surface area contributed by atoms with E-state index >= 15 is 0 Å². The fraction of sp³-hybridized carbons (Fsp3) is 0.154. The quantitative estimate of drug-likeness (QED) is 0.168. The van der Waals surface area contributed by atoms with Crippen molar-refractivity contribution in [2.75, 3.05) is 0 Å². The number of halogens is 12. The van der Waals surface area contributed by atoms with Gasteiger partial charge in [-0.05, 0) is 36.4 Å². The standard InChI is InChI=1S/C26H10F12O10/c27-23(28,29)7-1-8(24(30,31)32)4-11(3-7)47-17-13(19(39)40)15(21(43)44)18(16(22(45)46)14(17)20(41)42)48-12-5-9(25(33,34)35)2-10(6-12)26(36,37)38/h1-6H,(H,39,40)(H,41,42)(H,43,44)(H,45,46). The van der Waals surface area contributed by atoms with E-state index in [1.165, 1.54) is 0 Å². The van der Waals surface area contributed by atoms with Crippen molar-refractivity contribution in [1.29, 1.82) is 0 Å². The molecule has 10 nitrogen and oxygen atoms in total. The predicted octanol–water partition coefficient (Wildman–Crippen LogP) is 8.14. The van der Waals surface area contributed by atoms with Crippen LogP contribution in [0.5, 0.6) is 23.0 Å². The number of ether oxygens (including phenoxy) is 2. The van der Waals surface area contributed by atoms with E-state index in [4.69, 9.17) is 9.47 Å². The highest BCUT2D eigenvalue weighted by Crippen LogP contribution is 2.46. The minimum Gasteiger partial charge on any atom is -0.478 e. The Hall–Kier alpha value is -5.70. The van der Waals surface area contributed by atoms with E-state index in [0.717, 1.165) is 0 Å². The SMILES string of the molecule is O=C(O)c1c(Oc2cc(C(F)(F)F)cc(C(F)(F)F)c2)c(C(=O)O)c(C(=O)O)c(Oc2cc(C(F)(F)F)cc(C(F)(F)F)c2)c1C(=O)O. The summed E-state index contributed by atoms with van der Waals surface area (Å²) in [5, 5.41) is 39.1. The summed E-state index contributed by atoms with van der Waals surface area (Å²) in [4.78, 5) is 48.9. The van der Waals surface area contributed by atoms with Crippen LogP contribution in [0, 0.1) is 0 Å². The van der Waals surface area contributed by atoms with Gasteiger partial charge in [0.1, 0.15) is 33.8 Å². The van der Waals surface area contributed by atoms with E-state index in [-0.39, 0.29) is 24.3 Å². The largest absolute Gasteiger partial charge is 0.478 e. The second kappa shape index (κ2) is 12.2. The Morgan fingerprint density at radius 2 is 0.583 bits per heavy atom. The second-order valence-electron chi connectivity index (χ2n) is 9.07. The fourth-order valence-corrected chi connectivity index (χ4v) is 3.93. The molecule has 0 saturated carbocycles. The minimum absolute atomic E-state index is 0.251. The van der Waals surface area contributed by atoms with Gasteiger partial charge >= 0.3 is 48.6 Å². The molecule has 0 bridgehead atoms. The van der Waals surface area contributed by atoms with E-state index in [2.05, 4.69) is 0 Å². The van der Waals surface area contributed by atoms with Crippen molar-refractivity contribution < 1.29 is 102 Å². The summed E-state index contributed by atoms with van der Waals surface area (Å²) in [5.74, 6) is -18.1. The van der Waals surface area contributed by atoms with Crippen LogP contribution in [-0.2, 0) is 24.7 Å². The molecule has 258 valence electrons. The molecule has 0 radical (unpaired) electrons. The lowest BCUT2D eigenvalue weighted by Crippen LogP contribution is -2.20. The average molecular weight is 710 g/mol. The Morgan fingerprint density at radius 1 is 0.396 bits per heavy atom. The predicted molar refractivity (Wildman–Crippen MR) is 127 cm³/mol. The van der Waals surface area contributed by atoms with Gasteiger partial charge in [-0.25, -0.2) is 19.2 Å². The number of carbonyl (C=O) groups is 4. The number of carboxylic acid groups (broad SMARTS) is 4. The van der Waals surface area contributed by atoms with Gasteiger partial charge in [0.2, 0.25) is 0 Å². The van der Waals surface area contributed by atoms with Gasteiger partial charge in [0, 0.05) is 0 Å². The lowest BCUT2D eigenvalue weighted by molar-refractivity contribution is -0.144. The monoisotopic (exact) mass is 710 g/mol. The van der Waals surface area contributed by atoms with Crippen molar-refractivity contribution >= 4 is 23.9 Å². The van der Waals surface area contributed by atoms with Gasteiger partial charge in [-0.2, -0.15) is 52.7 Å². The Balaban J connectivity index is 2.53. The lowest BCUT2D eigenvalue weighted by atomic mass is 9.94. The Kier molecular flexibility index (Phi) is 9.31. The summed E-state index contributed by atoms with van der Waals surface area (Å²) in [6, 6.07) is -1.93. The summed E-state index contributed by atoms with van der Waals surface area (Å²) in [6.45, 7) is 0. The number of hydrogen-bond acceptors (Lipinski definition) is 6. The van der Waals surface area contributed by atoms with Crippen molar-refractivity contribution in [2.45, 2.75) is 24.7 Å². The zero-order chi connectivity index (χ0) is 36.9. The fourth-order valence-electron chi connectivity index (χ4n) is 3.93. The summed E-state index contributed by atoms with van der Waals surface area (Å²) < 4.78 is 170. The van der Waals surface area contributed by atoms with E-state index in [0.29, 0.717) is 0 Å². The number of hydrogen-bond donors (Lipinski definition) is 4. The Bertz CT molecular complexity index is 1590. The van der Waals surface area contributed by atoms with Crippen LogP contribution in [0.15, 0.2) is 36.4 Å². The number of alkyl halides is 12.